The zero-order valence-electron chi connectivity index (χ0n) is 3.81. The van der Waals surface area contributed by atoms with Crippen LogP contribution in [-0.4, -0.2) is 12.4 Å². The molecule has 0 aromatic rings. The fraction of sp³-hybridized carbons (Fsp3) is 0. The van der Waals surface area contributed by atoms with Gasteiger partial charge in [0.05, 0.1) is 0 Å². The molecule has 0 fully saturated rings. The third-order valence-electron chi connectivity index (χ3n) is 0.629. The summed E-state index contributed by atoms with van der Waals surface area (Å²) in [5.41, 5.74) is 0. The fourth-order valence-corrected chi connectivity index (χ4v) is 0.534. The first-order chi connectivity index (χ1) is 3.80. The number of nitrogens with zero attached hydrogens (tertiary/aromatic N) is 2. The summed E-state index contributed by atoms with van der Waals surface area (Å²) in [6, 6.07) is 0. The average Bonchev–Trinajstić information content (AvgIpc) is 2.12. The molecule has 4 heteroatoms. The lowest BCUT2D eigenvalue weighted by Gasteiger charge is -1.82. The van der Waals surface area contributed by atoms with Crippen LogP contribution < -0.4 is 0 Å². The van der Waals surface area contributed by atoms with Crippen molar-refractivity contribution in [1.29, 1.82) is 0 Å². The Hall–Kier alpha value is -0.340. The lowest BCUT2D eigenvalue weighted by atomic mass is 10.9. The van der Waals surface area contributed by atoms with Crippen LogP contribution >= 0.6 is 23.2 Å². The number of aliphatic imine (C=N–C) groups is 2. The highest BCUT2D eigenvalue weighted by molar-refractivity contribution is 6.56. The van der Waals surface area contributed by atoms with Gasteiger partial charge in [0.25, 0.3) is 0 Å². The normalized spacial score (nSPS) is 15.5. The molecule has 1 aliphatic rings. The maximum atomic E-state index is 5.30. The molecule has 0 atom stereocenters. The molecule has 1 aliphatic heterocycles. The fourth-order valence-electron chi connectivity index (χ4n) is 0.339. The van der Waals surface area contributed by atoms with Gasteiger partial charge < -0.3 is 0 Å². The second kappa shape index (κ2) is 2.29. The van der Waals surface area contributed by atoms with Crippen molar-refractivity contribution in [2.75, 3.05) is 0 Å². The van der Waals surface area contributed by atoms with E-state index in [-0.39, 0.29) is 4.49 Å². The van der Waals surface area contributed by atoms with Crippen molar-refractivity contribution in [2.24, 2.45) is 9.98 Å². The predicted octanol–water partition coefficient (Wildman–Crippen LogP) is 1.75. The van der Waals surface area contributed by atoms with Gasteiger partial charge in [0.2, 0.25) is 0 Å². The SMILES string of the molecule is ClC(Cl)=C1N=CC=N1. The van der Waals surface area contributed by atoms with E-state index in [0.29, 0.717) is 5.82 Å². The third-order valence-corrected chi connectivity index (χ3v) is 0.967. The predicted molar refractivity (Wildman–Crippen MR) is 35.7 cm³/mol. The number of hydrogen-bond donors (Lipinski definition) is 0. The average molecular weight is 149 g/mol. The molecule has 0 amide bonds. The Bertz CT molecular complexity index is 162. The van der Waals surface area contributed by atoms with Gasteiger partial charge in [-0.15, -0.1) is 0 Å². The zero-order chi connectivity index (χ0) is 5.98. The van der Waals surface area contributed by atoms with Crippen LogP contribution in [0.4, 0.5) is 0 Å². The number of hydrogen-bond acceptors (Lipinski definition) is 2. The van der Waals surface area contributed by atoms with Gasteiger partial charge in [0, 0.05) is 12.4 Å². The van der Waals surface area contributed by atoms with E-state index in [4.69, 9.17) is 23.2 Å². The molecule has 0 spiro atoms. The molecule has 0 bridgehead atoms. The first-order valence-electron chi connectivity index (χ1n) is 1.92. The molecule has 1 rings (SSSR count). The summed E-state index contributed by atoms with van der Waals surface area (Å²) < 4.78 is 0.106. The molecule has 0 aliphatic carbocycles. The number of rotatable bonds is 0. The Morgan fingerprint density at radius 3 is 2.00 bits per heavy atom. The van der Waals surface area contributed by atoms with Crippen molar-refractivity contribution >= 4 is 35.6 Å². The first kappa shape index (κ1) is 5.79. The van der Waals surface area contributed by atoms with Gasteiger partial charge in [-0.2, -0.15) is 0 Å². The van der Waals surface area contributed by atoms with Gasteiger partial charge in [-0.3, -0.25) is 0 Å². The monoisotopic (exact) mass is 148 g/mol. The zero-order valence-corrected chi connectivity index (χ0v) is 5.32. The van der Waals surface area contributed by atoms with E-state index in [1.807, 2.05) is 0 Å². The molecule has 0 saturated carbocycles. The van der Waals surface area contributed by atoms with Crippen LogP contribution in [-0.2, 0) is 0 Å². The Kier molecular flexibility index (Phi) is 1.65. The highest BCUT2D eigenvalue weighted by Gasteiger charge is 1.98. The Morgan fingerprint density at radius 1 is 1.25 bits per heavy atom. The minimum atomic E-state index is 0.106. The van der Waals surface area contributed by atoms with E-state index in [9.17, 15) is 0 Å². The van der Waals surface area contributed by atoms with E-state index >= 15 is 0 Å². The molecule has 0 N–H and O–H groups in total. The molecule has 0 unspecified atom stereocenters. The van der Waals surface area contributed by atoms with Crippen LogP contribution in [0.5, 0.6) is 0 Å². The lowest BCUT2D eigenvalue weighted by molar-refractivity contribution is 1.29. The van der Waals surface area contributed by atoms with Crippen molar-refractivity contribution in [3.05, 3.63) is 10.3 Å². The molecule has 0 aromatic heterocycles. The van der Waals surface area contributed by atoms with E-state index < -0.39 is 0 Å². The van der Waals surface area contributed by atoms with Gasteiger partial charge in [-0.1, -0.05) is 23.2 Å². The van der Waals surface area contributed by atoms with Crippen molar-refractivity contribution in [1.82, 2.24) is 0 Å². The molecule has 0 radical (unpaired) electrons. The molecular formula is C4H2Cl2N2. The number of halogens is 2. The van der Waals surface area contributed by atoms with Crippen LogP contribution in [0.15, 0.2) is 20.3 Å². The van der Waals surface area contributed by atoms with Gasteiger partial charge in [0.1, 0.15) is 0 Å². The summed E-state index contributed by atoms with van der Waals surface area (Å²) in [4.78, 5) is 7.41. The van der Waals surface area contributed by atoms with Crippen molar-refractivity contribution in [2.45, 2.75) is 0 Å². The van der Waals surface area contributed by atoms with Crippen LogP contribution in [0.1, 0.15) is 0 Å². The summed E-state index contributed by atoms with van der Waals surface area (Å²) in [7, 11) is 0. The highest BCUT2D eigenvalue weighted by atomic mass is 35.5. The minimum Gasteiger partial charge on any atom is -0.233 e. The summed E-state index contributed by atoms with van der Waals surface area (Å²) in [6.07, 6.45) is 3.06. The summed E-state index contributed by atoms with van der Waals surface area (Å²) in [5.74, 6) is 0.383. The molecule has 8 heavy (non-hydrogen) atoms. The molecule has 2 nitrogen and oxygen atoms in total. The molecule has 0 aromatic carbocycles. The molecule has 0 saturated heterocycles. The maximum absolute atomic E-state index is 5.30. The van der Waals surface area contributed by atoms with Gasteiger partial charge in [0.15, 0.2) is 10.3 Å². The maximum Gasteiger partial charge on any atom is 0.182 e. The van der Waals surface area contributed by atoms with Gasteiger partial charge >= 0.3 is 0 Å². The molecule has 42 valence electrons. The van der Waals surface area contributed by atoms with Gasteiger partial charge in [-0.25, -0.2) is 9.98 Å². The van der Waals surface area contributed by atoms with Crippen LogP contribution in [0.25, 0.3) is 0 Å². The standard InChI is InChI=1S/C4H2Cl2N2/c5-3(6)4-7-1-2-8-4/h1-2H. The van der Waals surface area contributed by atoms with Crippen molar-refractivity contribution < 1.29 is 0 Å². The van der Waals surface area contributed by atoms with Crippen LogP contribution in [0.3, 0.4) is 0 Å². The second-order valence-electron chi connectivity index (χ2n) is 1.14. The molecular weight excluding hydrogens is 147 g/mol. The second-order valence-corrected chi connectivity index (χ2v) is 2.09. The highest BCUT2D eigenvalue weighted by Crippen LogP contribution is 2.16. The smallest absolute Gasteiger partial charge is 0.182 e. The quantitative estimate of drug-likeness (QED) is 0.501. The van der Waals surface area contributed by atoms with Gasteiger partial charge in [-0.05, 0) is 0 Å². The topological polar surface area (TPSA) is 24.7 Å². The Balaban J connectivity index is 2.90. The minimum absolute atomic E-state index is 0.106. The Labute approximate surface area is 56.5 Å². The van der Waals surface area contributed by atoms with Crippen molar-refractivity contribution in [3.8, 4) is 0 Å². The van der Waals surface area contributed by atoms with E-state index in [2.05, 4.69) is 9.98 Å². The van der Waals surface area contributed by atoms with E-state index in [1.165, 1.54) is 12.4 Å². The summed E-state index contributed by atoms with van der Waals surface area (Å²) in [5, 5.41) is 0. The third kappa shape index (κ3) is 1.08. The summed E-state index contributed by atoms with van der Waals surface area (Å²) in [6.45, 7) is 0. The summed E-state index contributed by atoms with van der Waals surface area (Å²) >= 11 is 10.6. The lowest BCUT2D eigenvalue weighted by Crippen LogP contribution is -1.63. The van der Waals surface area contributed by atoms with Crippen LogP contribution in [0.2, 0.25) is 0 Å². The van der Waals surface area contributed by atoms with Crippen molar-refractivity contribution in [3.63, 3.8) is 0 Å². The van der Waals surface area contributed by atoms with E-state index in [1.54, 1.807) is 0 Å². The largest absolute Gasteiger partial charge is 0.233 e. The molecule has 1 heterocycles. The Morgan fingerprint density at radius 2 is 1.75 bits per heavy atom. The van der Waals surface area contributed by atoms with Crippen LogP contribution in [0, 0.1) is 0 Å². The van der Waals surface area contributed by atoms with E-state index in [0.717, 1.165) is 0 Å². The first-order valence-corrected chi connectivity index (χ1v) is 2.68.